The molecule has 0 N–H and O–H groups in total. The second-order valence-corrected chi connectivity index (χ2v) is 6.75. The van der Waals surface area contributed by atoms with Gasteiger partial charge in [0.05, 0.1) is 13.0 Å². The monoisotopic (exact) mass is 406 g/mol. The zero-order valence-corrected chi connectivity index (χ0v) is 15.2. The SMILES string of the molecule is O=C(Cc1noc2ccccc12)N1CCCC(Oc2nccc(C(F)(F)F)n2)C1. The third kappa shape index (κ3) is 4.30. The van der Waals surface area contributed by atoms with Crippen molar-refractivity contribution in [1.82, 2.24) is 20.0 Å². The molecule has 3 aromatic rings. The molecule has 1 saturated heterocycles. The molecule has 7 nitrogen and oxygen atoms in total. The van der Waals surface area contributed by atoms with Crippen molar-refractivity contribution in [3.8, 4) is 6.01 Å². The van der Waals surface area contributed by atoms with Gasteiger partial charge in [-0.1, -0.05) is 17.3 Å². The number of likely N-dealkylation sites (tertiary alicyclic amines) is 1. The number of amides is 1. The van der Waals surface area contributed by atoms with E-state index in [1.807, 2.05) is 18.2 Å². The van der Waals surface area contributed by atoms with Crippen LogP contribution in [-0.4, -0.2) is 45.1 Å². The summed E-state index contributed by atoms with van der Waals surface area (Å²) in [5, 5.41) is 4.75. The zero-order chi connectivity index (χ0) is 20.4. The van der Waals surface area contributed by atoms with E-state index in [4.69, 9.17) is 9.26 Å². The standard InChI is InChI=1S/C19H17F3N4O3/c20-19(21,22)16-7-8-23-18(24-16)28-12-4-3-9-26(11-12)17(27)10-14-13-5-1-2-6-15(13)29-25-14/h1-2,5-8,12H,3-4,9-11H2. The lowest BCUT2D eigenvalue weighted by Crippen LogP contribution is -2.45. The van der Waals surface area contributed by atoms with Crippen LogP contribution in [0.5, 0.6) is 6.01 Å². The minimum atomic E-state index is -4.57. The average molecular weight is 406 g/mol. The van der Waals surface area contributed by atoms with Gasteiger partial charge in [-0.2, -0.15) is 18.2 Å². The third-order valence-electron chi connectivity index (χ3n) is 4.70. The lowest BCUT2D eigenvalue weighted by Gasteiger charge is -2.32. The Morgan fingerprint density at radius 2 is 2.10 bits per heavy atom. The van der Waals surface area contributed by atoms with Crippen molar-refractivity contribution >= 4 is 16.9 Å². The van der Waals surface area contributed by atoms with Crippen LogP contribution in [0.25, 0.3) is 11.0 Å². The summed E-state index contributed by atoms with van der Waals surface area (Å²) < 4.78 is 49.1. The number of carbonyl (C=O) groups excluding carboxylic acids is 1. The van der Waals surface area contributed by atoms with Crippen molar-refractivity contribution in [2.45, 2.75) is 31.5 Å². The van der Waals surface area contributed by atoms with E-state index >= 15 is 0 Å². The van der Waals surface area contributed by atoms with Gasteiger partial charge in [0.25, 0.3) is 0 Å². The third-order valence-corrected chi connectivity index (χ3v) is 4.70. The first-order valence-electron chi connectivity index (χ1n) is 9.08. The second kappa shape index (κ2) is 7.69. The summed E-state index contributed by atoms with van der Waals surface area (Å²) in [7, 11) is 0. The first-order chi connectivity index (χ1) is 13.9. The molecule has 10 heteroatoms. The van der Waals surface area contributed by atoms with Gasteiger partial charge in [0.15, 0.2) is 11.3 Å². The van der Waals surface area contributed by atoms with Gasteiger partial charge in [0, 0.05) is 18.1 Å². The Morgan fingerprint density at radius 1 is 1.28 bits per heavy atom. The maximum atomic E-state index is 12.8. The number of halogens is 3. The van der Waals surface area contributed by atoms with Crippen LogP contribution < -0.4 is 4.74 Å². The maximum absolute atomic E-state index is 12.8. The number of aromatic nitrogens is 3. The minimum Gasteiger partial charge on any atom is -0.458 e. The fourth-order valence-electron chi connectivity index (χ4n) is 3.29. The molecule has 2 aromatic heterocycles. The van der Waals surface area contributed by atoms with E-state index in [1.165, 1.54) is 0 Å². The highest BCUT2D eigenvalue weighted by molar-refractivity contribution is 5.86. The summed E-state index contributed by atoms with van der Waals surface area (Å²) in [6.45, 7) is 0.784. The number of ether oxygens (including phenoxy) is 1. The fraction of sp³-hybridized carbons (Fsp3) is 0.368. The topological polar surface area (TPSA) is 81.4 Å². The highest BCUT2D eigenvalue weighted by Crippen LogP contribution is 2.28. The van der Waals surface area contributed by atoms with Crippen LogP contribution in [0.4, 0.5) is 13.2 Å². The smallest absolute Gasteiger partial charge is 0.433 e. The number of carbonyl (C=O) groups is 1. The second-order valence-electron chi connectivity index (χ2n) is 6.75. The molecule has 3 heterocycles. The number of rotatable bonds is 4. The number of nitrogens with zero attached hydrogens (tertiary/aromatic N) is 4. The normalized spacial score (nSPS) is 17.5. The minimum absolute atomic E-state index is 0.0732. The number of alkyl halides is 3. The van der Waals surface area contributed by atoms with Crippen LogP contribution in [0, 0.1) is 0 Å². The number of para-hydroxylation sites is 1. The van der Waals surface area contributed by atoms with E-state index in [1.54, 1.807) is 11.0 Å². The Hall–Kier alpha value is -3.17. The van der Waals surface area contributed by atoms with E-state index in [2.05, 4.69) is 15.1 Å². The molecule has 1 aliphatic rings. The molecule has 0 spiro atoms. The van der Waals surface area contributed by atoms with Crippen LogP contribution in [-0.2, 0) is 17.4 Å². The van der Waals surface area contributed by atoms with Gasteiger partial charge >= 0.3 is 12.2 Å². The molecule has 4 rings (SSSR count). The summed E-state index contributed by atoms with van der Waals surface area (Å²) in [5.41, 5.74) is 0.0934. The van der Waals surface area contributed by atoms with Gasteiger partial charge in [-0.15, -0.1) is 0 Å². The van der Waals surface area contributed by atoms with Crippen LogP contribution >= 0.6 is 0 Å². The molecule has 0 bridgehead atoms. The number of benzene rings is 1. The van der Waals surface area contributed by atoms with Crippen LogP contribution in [0.3, 0.4) is 0 Å². The molecular formula is C19H17F3N4O3. The maximum Gasteiger partial charge on any atom is 0.433 e. The molecular weight excluding hydrogens is 389 g/mol. The fourth-order valence-corrected chi connectivity index (χ4v) is 3.29. The molecule has 29 heavy (non-hydrogen) atoms. The molecule has 1 atom stereocenters. The summed E-state index contributed by atoms with van der Waals surface area (Å²) in [4.78, 5) is 21.5. The van der Waals surface area contributed by atoms with Crippen LogP contribution in [0.1, 0.15) is 24.2 Å². The van der Waals surface area contributed by atoms with E-state index in [0.717, 1.165) is 17.6 Å². The van der Waals surface area contributed by atoms with Gasteiger partial charge < -0.3 is 14.2 Å². The molecule has 0 saturated carbocycles. The number of hydrogen-bond acceptors (Lipinski definition) is 6. The van der Waals surface area contributed by atoms with E-state index < -0.39 is 18.0 Å². The quantitative estimate of drug-likeness (QED) is 0.662. The molecule has 0 radical (unpaired) electrons. The number of fused-ring (bicyclic) bond motifs is 1. The summed E-state index contributed by atoms with van der Waals surface area (Å²) in [6.07, 6.45) is -2.72. The highest BCUT2D eigenvalue weighted by atomic mass is 19.4. The molecule has 1 unspecified atom stereocenters. The van der Waals surface area contributed by atoms with E-state index in [9.17, 15) is 18.0 Å². The molecule has 152 valence electrons. The van der Waals surface area contributed by atoms with Crippen molar-refractivity contribution in [2.24, 2.45) is 0 Å². The van der Waals surface area contributed by atoms with Crippen LogP contribution in [0.15, 0.2) is 41.1 Å². The largest absolute Gasteiger partial charge is 0.458 e. The molecule has 1 fully saturated rings. The highest BCUT2D eigenvalue weighted by Gasteiger charge is 2.33. The van der Waals surface area contributed by atoms with Gasteiger partial charge in [0.1, 0.15) is 11.8 Å². The Labute approximate surface area is 163 Å². The first-order valence-corrected chi connectivity index (χ1v) is 9.08. The first kappa shape index (κ1) is 19.2. The number of hydrogen-bond donors (Lipinski definition) is 0. The summed E-state index contributed by atoms with van der Waals surface area (Å²) in [5.74, 6) is -0.151. The molecule has 1 aliphatic heterocycles. The van der Waals surface area contributed by atoms with Crippen molar-refractivity contribution < 1.29 is 27.2 Å². The van der Waals surface area contributed by atoms with E-state index in [-0.39, 0.29) is 24.9 Å². The lowest BCUT2D eigenvalue weighted by atomic mass is 10.1. The molecule has 0 aliphatic carbocycles. The summed E-state index contributed by atoms with van der Waals surface area (Å²) >= 11 is 0. The van der Waals surface area contributed by atoms with Gasteiger partial charge in [-0.25, -0.2) is 4.98 Å². The number of piperidine rings is 1. The van der Waals surface area contributed by atoms with Crippen molar-refractivity contribution in [3.63, 3.8) is 0 Å². The van der Waals surface area contributed by atoms with Crippen molar-refractivity contribution in [3.05, 3.63) is 47.9 Å². The van der Waals surface area contributed by atoms with Crippen molar-refractivity contribution in [1.29, 1.82) is 0 Å². The Morgan fingerprint density at radius 3 is 2.93 bits per heavy atom. The van der Waals surface area contributed by atoms with Crippen LogP contribution in [0.2, 0.25) is 0 Å². The van der Waals surface area contributed by atoms with Gasteiger partial charge in [0.2, 0.25) is 5.91 Å². The zero-order valence-electron chi connectivity index (χ0n) is 15.2. The Bertz CT molecular complexity index is 1020. The lowest BCUT2D eigenvalue weighted by molar-refractivity contribution is -0.141. The average Bonchev–Trinajstić information content (AvgIpc) is 3.11. The van der Waals surface area contributed by atoms with E-state index in [0.29, 0.717) is 30.7 Å². The Balaban J connectivity index is 1.41. The molecule has 1 amide bonds. The predicted octanol–water partition coefficient (Wildman–Crippen LogP) is 3.25. The van der Waals surface area contributed by atoms with Gasteiger partial charge in [-0.3, -0.25) is 4.79 Å². The predicted molar refractivity (Wildman–Crippen MR) is 95.0 cm³/mol. The Kier molecular flexibility index (Phi) is 5.08. The summed E-state index contributed by atoms with van der Waals surface area (Å²) in [6, 6.07) is 7.71. The van der Waals surface area contributed by atoms with Gasteiger partial charge in [-0.05, 0) is 31.0 Å². The molecule has 1 aromatic carbocycles. The van der Waals surface area contributed by atoms with Crippen molar-refractivity contribution in [2.75, 3.05) is 13.1 Å².